The predicted molar refractivity (Wildman–Crippen MR) is 75.1 cm³/mol. The lowest BCUT2D eigenvalue weighted by Crippen LogP contribution is -2.15. The van der Waals surface area contributed by atoms with Crippen LogP contribution in [0, 0.1) is 15.9 Å². The third-order valence-electron chi connectivity index (χ3n) is 2.99. The van der Waals surface area contributed by atoms with E-state index in [1.165, 1.54) is 18.2 Å². The van der Waals surface area contributed by atoms with Gasteiger partial charge in [-0.2, -0.15) is 0 Å². The highest BCUT2D eigenvalue weighted by Crippen LogP contribution is 2.26. The minimum atomic E-state index is -0.673. The largest absolute Gasteiger partial charge is 0.324 e. The molecule has 20 heavy (non-hydrogen) atoms. The summed E-state index contributed by atoms with van der Waals surface area (Å²) in [6.07, 6.45) is 0.176. The Balaban J connectivity index is 2.28. The minimum absolute atomic E-state index is 0.0164. The number of nitrogens with zero attached hydrogens (tertiary/aromatic N) is 1. The predicted octanol–water partition coefficient (Wildman–Crippen LogP) is 3.63. The number of benzene rings is 2. The fraction of sp³-hybridized carbons (Fsp3) is 0.143. The second kappa shape index (κ2) is 5.98. The molecule has 0 saturated carbocycles. The van der Waals surface area contributed by atoms with Crippen molar-refractivity contribution in [1.82, 2.24) is 0 Å². The highest BCUT2D eigenvalue weighted by atomic mass is 35.5. The number of halogens is 2. The summed E-state index contributed by atoms with van der Waals surface area (Å²) in [5.74, 6) is -0.511. The second-order valence-corrected chi connectivity index (χ2v) is 4.80. The van der Waals surface area contributed by atoms with Crippen LogP contribution in [0.1, 0.15) is 17.2 Å². The molecule has 0 amide bonds. The SMILES string of the molecule is NC(Cc1ccccc1[N+](=O)[O-])c1ccc(Cl)cc1F. The van der Waals surface area contributed by atoms with E-state index in [0.29, 0.717) is 5.56 Å². The van der Waals surface area contributed by atoms with Crippen LogP contribution >= 0.6 is 11.6 Å². The number of para-hydroxylation sites is 1. The smallest absolute Gasteiger partial charge is 0.272 e. The van der Waals surface area contributed by atoms with Gasteiger partial charge in [0.2, 0.25) is 0 Å². The average molecular weight is 295 g/mol. The molecule has 0 aromatic heterocycles. The molecule has 0 bridgehead atoms. The van der Waals surface area contributed by atoms with Crippen LogP contribution in [0.25, 0.3) is 0 Å². The molecule has 0 aliphatic heterocycles. The normalized spacial score (nSPS) is 12.2. The van der Waals surface area contributed by atoms with Crippen LogP contribution in [0.5, 0.6) is 0 Å². The number of rotatable bonds is 4. The number of nitro benzene ring substituents is 1. The minimum Gasteiger partial charge on any atom is -0.324 e. The Morgan fingerprint density at radius 3 is 2.65 bits per heavy atom. The van der Waals surface area contributed by atoms with Gasteiger partial charge in [-0.15, -0.1) is 0 Å². The maximum Gasteiger partial charge on any atom is 0.272 e. The Kier molecular flexibility index (Phi) is 4.32. The first-order valence-corrected chi connectivity index (χ1v) is 6.29. The quantitative estimate of drug-likeness (QED) is 0.691. The maximum absolute atomic E-state index is 13.8. The van der Waals surface area contributed by atoms with Crippen molar-refractivity contribution in [2.75, 3.05) is 0 Å². The molecule has 0 aliphatic rings. The van der Waals surface area contributed by atoms with Gasteiger partial charge >= 0.3 is 0 Å². The molecule has 2 aromatic carbocycles. The Hall–Kier alpha value is -1.98. The highest BCUT2D eigenvalue weighted by molar-refractivity contribution is 6.30. The van der Waals surface area contributed by atoms with E-state index in [1.807, 2.05) is 0 Å². The lowest BCUT2D eigenvalue weighted by molar-refractivity contribution is -0.385. The van der Waals surface area contributed by atoms with Crippen molar-refractivity contribution in [1.29, 1.82) is 0 Å². The number of nitrogens with two attached hydrogens (primary N) is 1. The van der Waals surface area contributed by atoms with Crippen LogP contribution in [0.2, 0.25) is 5.02 Å². The van der Waals surface area contributed by atoms with Gasteiger partial charge in [0.1, 0.15) is 5.82 Å². The van der Waals surface area contributed by atoms with Gasteiger partial charge in [-0.3, -0.25) is 10.1 Å². The second-order valence-electron chi connectivity index (χ2n) is 4.36. The van der Waals surface area contributed by atoms with Gasteiger partial charge < -0.3 is 5.73 Å². The summed E-state index contributed by atoms with van der Waals surface area (Å²) < 4.78 is 13.8. The van der Waals surface area contributed by atoms with Gasteiger partial charge in [-0.25, -0.2) is 4.39 Å². The first-order chi connectivity index (χ1) is 9.49. The third kappa shape index (κ3) is 3.12. The zero-order chi connectivity index (χ0) is 14.7. The number of hydrogen-bond donors (Lipinski definition) is 1. The summed E-state index contributed by atoms with van der Waals surface area (Å²) in [5.41, 5.74) is 6.68. The Bertz CT molecular complexity index is 649. The molecule has 2 rings (SSSR count). The molecular weight excluding hydrogens is 283 g/mol. The molecular formula is C14H12ClFN2O2. The summed E-state index contributed by atoms with van der Waals surface area (Å²) in [4.78, 5) is 10.5. The average Bonchev–Trinajstić information content (AvgIpc) is 2.38. The molecule has 0 aliphatic carbocycles. The van der Waals surface area contributed by atoms with Crippen LogP contribution in [0.4, 0.5) is 10.1 Å². The molecule has 4 nitrogen and oxygen atoms in total. The molecule has 1 unspecified atom stereocenters. The number of nitro groups is 1. The third-order valence-corrected chi connectivity index (χ3v) is 3.23. The molecule has 6 heteroatoms. The van der Waals surface area contributed by atoms with E-state index >= 15 is 0 Å². The lowest BCUT2D eigenvalue weighted by Gasteiger charge is -2.13. The molecule has 0 saturated heterocycles. The fourth-order valence-electron chi connectivity index (χ4n) is 2.01. The molecule has 2 aromatic rings. The molecule has 0 spiro atoms. The Morgan fingerprint density at radius 2 is 2.00 bits per heavy atom. The summed E-state index contributed by atoms with van der Waals surface area (Å²) in [6, 6.07) is 9.83. The highest BCUT2D eigenvalue weighted by Gasteiger charge is 2.18. The molecule has 0 radical (unpaired) electrons. The van der Waals surface area contributed by atoms with Crippen LogP contribution < -0.4 is 5.73 Å². The van der Waals surface area contributed by atoms with E-state index < -0.39 is 16.8 Å². The van der Waals surface area contributed by atoms with Crippen molar-refractivity contribution in [3.05, 3.63) is 74.5 Å². The van der Waals surface area contributed by atoms with E-state index in [-0.39, 0.29) is 22.7 Å². The Morgan fingerprint density at radius 1 is 1.30 bits per heavy atom. The zero-order valence-electron chi connectivity index (χ0n) is 10.4. The summed E-state index contributed by atoms with van der Waals surface area (Å²) >= 11 is 5.68. The molecule has 1 atom stereocenters. The number of hydrogen-bond acceptors (Lipinski definition) is 3. The van der Waals surface area contributed by atoms with Gasteiger partial charge in [-0.05, 0) is 18.6 Å². The van der Waals surface area contributed by atoms with Crippen molar-refractivity contribution < 1.29 is 9.31 Å². The van der Waals surface area contributed by atoms with Crippen molar-refractivity contribution >= 4 is 17.3 Å². The summed E-state index contributed by atoms with van der Waals surface area (Å²) in [5, 5.41) is 11.2. The van der Waals surface area contributed by atoms with Crippen molar-refractivity contribution in [3.8, 4) is 0 Å². The zero-order valence-corrected chi connectivity index (χ0v) is 11.2. The van der Waals surface area contributed by atoms with Crippen LogP contribution in [-0.2, 0) is 6.42 Å². The monoisotopic (exact) mass is 294 g/mol. The lowest BCUT2D eigenvalue weighted by atomic mass is 9.98. The fourth-order valence-corrected chi connectivity index (χ4v) is 2.17. The molecule has 2 N–H and O–H groups in total. The van der Waals surface area contributed by atoms with Gasteiger partial charge in [0.15, 0.2) is 0 Å². The van der Waals surface area contributed by atoms with Gasteiger partial charge in [-0.1, -0.05) is 35.9 Å². The topological polar surface area (TPSA) is 69.2 Å². The van der Waals surface area contributed by atoms with Crippen LogP contribution in [0.3, 0.4) is 0 Å². The van der Waals surface area contributed by atoms with Crippen LogP contribution in [0.15, 0.2) is 42.5 Å². The van der Waals surface area contributed by atoms with Gasteiger partial charge in [0, 0.05) is 28.3 Å². The summed E-state index contributed by atoms with van der Waals surface area (Å²) in [7, 11) is 0. The molecule has 104 valence electrons. The van der Waals surface area contributed by atoms with E-state index in [0.717, 1.165) is 0 Å². The van der Waals surface area contributed by atoms with Crippen molar-refractivity contribution in [2.24, 2.45) is 5.73 Å². The summed E-state index contributed by atoms with van der Waals surface area (Å²) in [6.45, 7) is 0. The van der Waals surface area contributed by atoms with E-state index in [1.54, 1.807) is 24.3 Å². The van der Waals surface area contributed by atoms with E-state index in [9.17, 15) is 14.5 Å². The van der Waals surface area contributed by atoms with Crippen molar-refractivity contribution in [2.45, 2.75) is 12.5 Å². The van der Waals surface area contributed by atoms with Gasteiger partial charge in [0.25, 0.3) is 5.69 Å². The van der Waals surface area contributed by atoms with E-state index in [4.69, 9.17) is 17.3 Å². The first kappa shape index (κ1) is 14.4. The van der Waals surface area contributed by atoms with Gasteiger partial charge in [0.05, 0.1) is 4.92 Å². The van der Waals surface area contributed by atoms with Crippen LogP contribution in [-0.4, -0.2) is 4.92 Å². The van der Waals surface area contributed by atoms with Crippen molar-refractivity contribution in [3.63, 3.8) is 0 Å². The molecule has 0 heterocycles. The molecule has 0 fully saturated rings. The first-order valence-electron chi connectivity index (χ1n) is 5.92. The maximum atomic E-state index is 13.8. The van der Waals surface area contributed by atoms with E-state index in [2.05, 4.69) is 0 Å². The standard InChI is InChI=1S/C14H12ClFN2O2/c15-10-5-6-11(12(16)8-10)13(17)7-9-3-1-2-4-14(9)18(19)20/h1-6,8,13H,7,17H2. The Labute approximate surface area is 120 Å².